The van der Waals surface area contributed by atoms with Crippen molar-refractivity contribution in [2.75, 3.05) is 7.11 Å². The van der Waals surface area contributed by atoms with Crippen LogP contribution in [0, 0.1) is 6.92 Å². The molecule has 1 aromatic carbocycles. The summed E-state index contributed by atoms with van der Waals surface area (Å²) in [7, 11) is 1.18. The third kappa shape index (κ3) is 2.91. The molecule has 0 aliphatic rings. The Morgan fingerprint density at radius 3 is 2.52 bits per heavy atom. The first-order chi connectivity index (χ1) is 9.74. The van der Waals surface area contributed by atoms with Crippen LogP contribution in [0.2, 0.25) is 0 Å². The number of carbonyl (C=O) groups is 1. The van der Waals surface area contributed by atoms with Crippen molar-refractivity contribution < 1.29 is 22.7 Å². The summed E-state index contributed by atoms with van der Waals surface area (Å²) < 4.78 is 44.3. The predicted octanol–water partition coefficient (Wildman–Crippen LogP) is 2.50. The van der Waals surface area contributed by atoms with Crippen molar-refractivity contribution in [2.24, 2.45) is 0 Å². The number of pyridine rings is 1. The summed E-state index contributed by atoms with van der Waals surface area (Å²) in [5, 5.41) is 0.123. The van der Waals surface area contributed by atoms with Crippen LogP contribution >= 0.6 is 0 Å². The highest BCUT2D eigenvalue weighted by atomic mass is 19.4. The number of aryl methyl sites for hydroxylation is 1. The summed E-state index contributed by atoms with van der Waals surface area (Å²) in [5.74, 6) is -0.611. The van der Waals surface area contributed by atoms with Crippen LogP contribution in [-0.4, -0.2) is 17.6 Å². The highest BCUT2D eigenvalue weighted by molar-refractivity contribution is 5.82. The third-order valence-corrected chi connectivity index (χ3v) is 3.16. The average molecular weight is 299 g/mol. The molecule has 0 atom stereocenters. The number of fused-ring (bicyclic) bond motifs is 1. The van der Waals surface area contributed by atoms with Crippen molar-refractivity contribution in [1.82, 2.24) is 4.57 Å². The summed E-state index contributed by atoms with van der Waals surface area (Å²) in [6.07, 6.45) is -4.52. The Hall–Kier alpha value is -2.31. The van der Waals surface area contributed by atoms with E-state index in [9.17, 15) is 22.8 Å². The molecule has 2 aromatic rings. The molecule has 21 heavy (non-hydrogen) atoms. The van der Waals surface area contributed by atoms with Gasteiger partial charge in [0.15, 0.2) is 5.43 Å². The van der Waals surface area contributed by atoms with Crippen LogP contribution in [0.1, 0.15) is 11.3 Å². The molecule has 1 heterocycles. The molecule has 0 saturated carbocycles. The SMILES string of the molecule is COC(=O)Cn1c(C)cc(=O)c2ccc(C(F)(F)F)cc21. The Kier molecular flexibility index (Phi) is 3.76. The van der Waals surface area contributed by atoms with E-state index in [1.165, 1.54) is 17.7 Å². The first-order valence-corrected chi connectivity index (χ1v) is 6.02. The van der Waals surface area contributed by atoms with Gasteiger partial charge in [-0.2, -0.15) is 13.2 Å². The van der Waals surface area contributed by atoms with E-state index < -0.39 is 23.1 Å². The lowest BCUT2D eigenvalue weighted by Gasteiger charge is -2.15. The molecular weight excluding hydrogens is 287 g/mol. The van der Waals surface area contributed by atoms with Crippen LogP contribution in [0.3, 0.4) is 0 Å². The fourth-order valence-electron chi connectivity index (χ4n) is 2.08. The molecule has 112 valence electrons. The van der Waals surface area contributed by atoms with Crippen molar-refractivity contribution in [1.29, 1.82) is 0 Å². The van der Waals surface area contributed by atoms with E-state index in [0.29, 0.717) is 5.69 Å². The number of hydrogen-bond acceptors (Lipinski definition) is 3. The van der Waals surface area contributed by atoms with Gasteiger partial charge in [-0.1, -0.05) is 0 Å². The molecule has 4 nitrogen and oxygen atoms in total. The number of halogens is 3. The van der Waals surface area contributed by atoms with Crippen LogP contribution in [0.15, 0.2) is 29.1 Å². The standard InChI is InChI=1S/C14H12F3NO3/c1-8-5-12(19)10-4-3-9(14(15,16)17)6-11(10)18(8)7-13(20)21-2/h3-6H,7H2,1-2H3. The maximum Gasteiger partial charge on any atom is 0.416 e. The Bertz CT molecular complexity index is 762. The quantitative estimate of drug-likeness (QED) is 0.801. The molecule has 0 aliphatic heterocycles. The topological polar surface area (TPSA) is 48.3 Å². The van der Waals surface area contributed by atoms with Gasteiger partial charge < -0.3 is 9.30 Å². The molecule has 0 amide bonds. The zero-order valence-corrected chi connectivity index (χ0v) is 11.3. The van der Waals surface area contributed by atoms with Crippen molar-refractivity contribution >= 4 is 16.9 Å². The molecule has 0 aliphatic carbocycles. The van der Waals surface area contributed by atoms with Crippen molar-refractivity contribution in [3.05, 3.63) is 45.7 Å². The highest BCUT2D eigenvalue weighted by Gasteiger charge is 2.31. The summed E-state index contributed by atoms with van der Waals surface area (Å²) >= 11 is 0. The lowest BCUT2D eigenvalue weighted by Crippen LogP contribution is -2.18. The molecule has 1 aromatic heterocycles. The lowest BCUT2D eigenvalue weighted by molar-refractivity contribution is -0.141. The molecule has 0 spiro atoms. The van der Waals surface area contributed by atoms with Gasteiger partial charge in [-0.25, -0.2) is 0 Å². The number of benzene rings is 1. The Labute approximate surface area is 117 Å². The van der Waals surface area contributed by atoms with Gasteiger partial charge in [0.05, 0.1) is 18.2 Å². The maximum atomic E-state index is 12.8. The van der Waals surface area contributed by atoms with E-state index >= 15 is 0 Å². The predicted molar refractivity (Wildman–Crippen MR) is 70.0 cm³/mol. The second kappa shape index (κ2) is 5.23. The van der Waals surface area contributed by atoms with E-state index in [1.807, 2.05) is 0 Å². The van der Waals surface area contributed by atoms with Crippen molar-refractivity contribution in [2.45, 2.75) is 19.6 Å². The normalized spacial score (nSPS) is 11.7. The van der Waals surface area contributed by atoms with E-state index in [1.54, 1.807) is 6.92 Å². The van der Waals surface area contributed by atoms with Gasteiger partial charge >= 0.3 is 12.1 Å². The minimum Gasteiger partial charge on any atom is -0.468 e. The molecule has 0 radical (unpaired) electrons. The Morgan fingerprint density at radius 1 is 1.29 bits per heavy atom. The summed E-state index contributed by atoms with van der Waals surface area (Å²) in [4.78, 5) is 23.3. The Morgan fingerprint density at radius 2 is 1.95 bits per heavy atom. The number of aromatic nitrogens is 1. The summed E-state index contributed by atoms with van der Waals surface area (Å²) in [5.41, 5.74) is -0.826. The van der Waals surface area contributed by atoms with Gasteiger partial charge in [0.2, 0.25) is 0 Å². The third-order valence-electron chi connectivity index (χ3n) is 3.16. The second-order valence-corrected chi connectivity index (χ2v) is 4.54. The van der Waals surface area contributed by atoms with E-state index in [-0.39, 0.29) is 17.4 Å². The number of rotatable bonds is 2. The number of ether oxygens (including phenoxy) is 1. The van der Waals surface area contributed by atoms with Crippen LogP contribution in [0.4, 0.5) is 13.2 Å². The molecule has 0 bridgehead atoms. The van der Waals surface area contributed by atoms with E-state index in [4.69, 9.17) is 0 Å². The number of hydrogen-bond donors (Lipinski definition) is 0. The monoisotopic (exact) mass is 299 g/mol. The van der Waals surface area contributed by atoms with Gasteiger partial charge in [-0.05, 0) is 25.1 Å². The van der Waals surface area contributed by atoms with Gasteiger partial charge in [-0.3, -0.25) is 9.59 Å². The van der Waals surface area contributed by atoms with Crippen LogP contribution in [0.25, 0.3) is 10.9 Å². The zero-order valence-electron chi connectivity index (χ0n) is 11.3. The highest BCUT2D eigenvalue weighted by Crippen LogP contribution is 2.31. The number of alkyl halides is 3. The fourth-order valence-corrected chi connectivity index (χ4v) is 2.08. The zero-order chi connectivity index (χ0) is 15.8. The minimum absolute atomic E-state index is 0.0558. The number of methoxy groups -OCH3 is 1. The van der Waals surface area contributed by atoms with Crippen LogP contribution in [0.5, 0.6) is 0 Å². The molecule has 0 N–H and O–H groups in total. The van der Waals surface area contributed by atoms with E-state index in [0.717, 1.165) is 18.2 Å². The molecule has 2 rings (SSSR count). The van der Waals surface area contributed by atoms with Crippen molar-refractivity contribution in [3.8, 4) is 0 Å². The van der Waals surface area contributed by atoms with Gasteiger partial charge in [0, 0.05) is 17.1 Å². The van der Waals surface area contributed by atoms with Gasteiger partial charge in [0.1, 0.15) is 6.54 Å². The molecular formula is C14H12F3NO3. The van der Waals surface area contributed by atoms with Crippen LogP contribution < -0.4 is 5.43 Å². The second-order valence-electron chi connectivity index (χ2n) is 4.54. The molecule has 0 saturated heterocycles. The Balaban J connectivity index is 2.76. The van der Waals surface area contributed by atoms with Crippen molar-refractivity contribution in [3.63, 3.8) is 0 Å². The number of nitrogens with zero attached hydrogens (tertiary/aromatic N) is 1. The summed E-state index contributed by atoms with van der Waals surface area (Å²) in [6, 6.07) is 4.11. The average Bonchev–Trinajstić information content (AvgIpc) is 2.41. The largest absolute Gasteiger partial charge is 0.468 e. The van der Waals surface area contributed by atoms with E-state index in [2.05, 4.69) is 4.74 Å². The maximum absolute atomic E-state index is 12.8. The number of esters is 1. The lowest BCUT2D eigenvalue weighted by atomic mass is 10.1. The minimum atomic E-state index is -4.52. The smallest absolute Gasteiger partial charge is 0.416 e. The van der Waals surface area contributed by atoms with Gasteiger partial charge in [-0.15, -0.1) is 0 Å². The van der Waals surface area contributed by atoms with Gasteiger partial charge in [0.25, 0.3) is 0 Å². The molecule has 0 fully saturated rings. The summed E-state index contributed by atoms with van der Waals surface area (Å²) in [6.45, 7) is 1.28. The molecule has 0 unspecified atom stereocenters. The first kappa shape index (κ1) is 15.1. The molecule has 7 heteroatoms. The first-order valence-electron chi connectivity index (χ1n) is 6.02. The van der Waals surface area contributed by atoms with Crippen LogP contribution in [-0.2, 0) is 22.3 Å². The fraction of sp³-hybridized carbons (Fsp3) is 0.286. The number of carbonyl (C=O) groups excluding carboxylic acids is 1.